The molecule has 0 aromatic carbocycles. The van der Waals surface area contributed by atoms with Gasteiger partial charge in [0.25, 0.3) is 0 Å². The minimum Gasteiger partial charge on any atom is -0.392 e. The van der Waals surface area contributed by atoms with Gasteiger partial charge < -0.3 is 19.7 Å². The highest BCUT2D eigenvalue weighted by molar-refractivity contribution is 6.30. The van der Waals surface area contributed by atoms with Crippen molar-refractivity contribution in [3.8, 4) is 0 Å². The van der Waals surface area contributed by atoms with Crippen molar-refractivity contribution in [2.24, 2.45) is 5.92 Å². The second-order valence-electron chi connectivity index (χ2n) is 6.50. The number of halogens is 1. The van der Waals surface area contributed by atoms with Crippen molar-refractivity contribution < 1.29 is 5.11 Å². The quantitative estimate of drug-likeness (QED) is 0.849. The number of aliphatic hydroxyl groups is 1. The molecule has 1 fully saturated rings. The first-order valence-corrected chi connectivity index (χ1v) is 8.74. The summed E-state index contributed by atoms with van der Waals surface area (Å²) in [5.41, 5.74) is 1.91. The number of fused-ring (bicyclic) bond motifs is 1. The minimum absolute atomic E-state index is 0.234. The van der Waals surface area contributed by atoms with Crippen LogP contribution in [-0.4, -0.2) is 51.7 Å². The molecule has 0 amide bonds. The van der Waals surface area contributed by atoms with Crippen LogP contribution in [0.5, 0.6) is 0 Å². The van der Waals surface area contributed by atoms with Crippen molar-refractivity contribution >= 4 is 17.2 Å². The summed E-state index contributed by atoms with van der Waals surface area (Å²) in [6.07, 6.45) is 4.13. The number of pyridine rings is 1. The molecule has 3 rings (SSSR count). The smallest absolute Gasteiger partial charge is 0.152 e. The van der Waals surface area contributed by atoms with Gasteiger partial charge >= 0.3 is 0 Å². The third-order valence-corrected chi connectivity index (χ3v) is 4.84. The molecule has 1 saturated heterocycles. The van der Waals surface area contributed by atoms with E-state index in [4.69, 9.17) is 11.6 Å². The first-order chi connectivity index (χ1) is 11.1. The van der Waals surface area contributed by atoms with Crippen LogP contribution in [0.15, 0.2) is 24.4 Å². The Bertz CT molecular complexity index is 635. The van der Waals surface area contributed by atoms with Gasteiger partial charge in [-0.1, -0.05) is 17.7 Å². The van der Waals surface area contributed by atoms with Crippen molar-refractivity contribution in [1.29, 1.82) is 0 Å². The molecule has 3 heterocycles. The van der Waals surface area contributed by atoms with Gasteiger partial charge in [0, 0.05) is 19.3 Å². The normalized spacial score (nSPS) is 18.6. The van der Waals surface area contributed by atoms with Crippen molar-refractivity contribution in [3.05, 3.63) is 35.2 Å². The van der Waals surface area contributed by atoms with Crippen molar-refractivity contribution in [2.45, 2.75) is 32.4 Å². The summed E-state index contributed by atoms with van der Waals surface area (Å²) >= 11 is 6.25. The highest BCUT2D eigenvalue weighted by atomic mass is 35.5. The second-order valence-corrected chi connectivity index (χ2v) is 6.86. The van der Waals surface area contributed by atoms with Crippen molar-refractivity contribution in [3.63, 3.8) is 0 Å². The Morgan fingerprint density at radius 2 is 2.17 bits per heavy atom. The van der Waals surface area contributed by atoms with E-state index in [-0.39, 0.29) is 6.10 Å². The van der Waals surface area contributed by atoms with Crippen LogP contribution in [0.3, 0.4) is 0 Å². The summed E-state index contributed by atoms with van der Waals surface area (Å²) < 4.78 is 2.04. The predicted octanol–water partition coefficient (Wildman–Crippen LogP) is 2.17. The summed E-state index contributed by atoms with van der Waals surface area (Å²) in [7, 11) is 0. The Morgan fingerprint density at radius 1 is 1.39 bits per heavy atom. The highest BCUT2D eigenvalue weighted by Crippen LogP contribution is 2.19. The second kappa shape index (κ2) is 7.62. The fraction of sp³-hybridized carbons (Fsp3) is 0.588. The number of piperidine rings is 1. The molecule has 2 aromatic heterocycles. The summed E-state index contributed by atoms with van der Waals surface area (Å²) in [5.74, 6) is 0.693. The number of likely N-dealkylation sites (tertiary alicyclic amines) is 1. The van der Waals surface area contributed by atoms with Gasteiger partial charge in [-0.3, -0.25) is 0 Å². The summed E-state index contributed by atoms with van der Waals surface area (Å²) in [6.45, 7) is 6.53. The van der Waals surface area contributed by atoms with Crippen LogP contribution >= 0.6 is 11.6 Å². The number of hydrogen-bond donors (Lipinski definition) is 2. The molecule has 1 unspecified atom stereocenters. The van der Waals surface area contributed by atoms with E-state index >= 15 is 0 Å². The number of nitrogens with zero attached hydrogens (tertiary/aromatic N) is 3. The van der Waals surface area contributed by atoms with Crippen LogP contribution < -0.4 is 5.32 Å². The van der Waals surface area contributed by atoms with Gasteiger partial charge in [0.05, 0.1) is 11.8 Å². The number of imidazole rings is 1. The number of rotatable bonds is 6. The summed E-state index contributed by atoms with van der Waals surface area (Å²) in [4.78, 5) is 6.72. The third kappa shape index (κ3) is 4.23. The predicted molar refractivity (Wildman–Crippen MR) is 92.8 cm³/mol. The van der Waals surface area contributed by atoms with E-state index in [0.29, 0.717) is 11.1 Å². The fourth-order valence-electron chi connectivity index (χ4n) is 3.32. The molecule has 2 aromatic rings. The number of nitrogens with one attached hydrogen (secondary N) is 1. The van der Waals surface area contributed by atoms with E-state index in [9.17, 15) is 5.11 Å². The maximum Gasteiger partial charge on any atom is 0.152 e. The molecule has 1 aliphatic rings. The summed E-state index contributed by atoms with van der Waals surface area (Å²) in [5, 5.41) is 13.6. The number of β-amino-alcohol motifs (C(OH)–C–C–N with tert-alkyl or cyclic N) is 1. The minimum atomic E-state index is -0.234. The highest BCUT2D eigenvalue weighted by Gasteiger charge is 2.20. The van der Waals surface area contributed by atoms with Gasteiger partial charge in [0.15, 0.2) is 5.15 Å². The fourth-order valence-corrected chi connectivity index (χ4v) is 3.56. The monoisotopic (exact) mass is 336 g/mol. The van der Waals surface area contributed by atoms with Crippen LogP contribution in [0.4, 0.5) is 0 Å². The molecule has 1 aliphatic heterocycles. The Balaban J connectivity index is 1.47. The molecule has 0 bridgehead atoms. The lowest BCUT2D eigenvalue weighted by molar-refractivity contribution is 0.0998. The lowest BCUT2D eigenvalue weighted by Gasteiger charge is -2.32. The molecule has 0 radical (unpaired) electrons. The molecule has 0 aliphatic carbocycles. The maximum atomic E-state index is 9.46. The Labute approximate surface area is 142 Å². The lowest BCUT2D eigenvalue weighted by atomic mass is 9.96. The van der Waals surface area contributed by atoms with Gasteiger partial charge in [0.1, 0.15) is 5.65 Å². The average molecular weight is 337 g/mol. The Kier molecular flexibility index (Phi) is 5.54. The van der Waals surface area contributed by atoms with E-state index in [1.165, 1.54) is 12.8 Å². The third-order valence-electron chi connectivity index (χ3n) is 4.54. The van der Waals surface area contributed by atoms with Crippen molar-refractivity contribution in [2.75, 3.05) is 26.2 Å². The van der Waals surface area contributed by atoms with E-state index < -0.39 is 0 Å². The molecule has 1 atom stereocenters. The number of aliphatic hydroxyl groups excluding tert-OH is 1. The van der Waals surface area contributed by atoms with Crippen LogP contribution in [0.1, 0.15) is 25.5 Å². The lowest BCUT2D eigenvalue weighted by Crippen LogP contribution is -2.40. The molecular weight excluding hydrogens is 312 g/mol. The van der Waals surface area contributed by atoms with E-state index in [1.54, 1.807) is 0 Å². The molecule has 126 valence electrons. The zero-order valence-electron chi connectivity index (χ0n) is 13.6. The van der Waals surface area contributed by atoms with E-state index in [1.807, 2.05) is 35.7 Å². The van der Waals surface area contributed by atoms with Crippen molar-refractivity contribution in [1.82, 2.24) is 19.6 Å². The van der Waals surface area contributed by atoms with Gasteiger partial charge in [0.2, 0.25) is 0 Å². The van der Waals surface area contributed by atoms with E-state index in [2.05, 4.69) is 15.2 Å². The largest absolute Gasteiger partial charge is 0.392 e. The Morgan fingerprint density at radius 3 is 2.91 bits per heavy atom. The zero-order chi connectivity index (χ0) is 16.2. The molecule has 0 saturated carbocycles. The molecule has 6 heteroatoms. The molecule has 2 N–H and O–H groups in total. The van der Waals surface area contributed by atoms with Crippen LogP contribution in [-0.2, 0) is 6.54 Å². The van der Waals surface area contributed by atoms with E-state index in [0.717, 1.165) is 44.1 Å². The van der Waals surface area contributed by atoms with Crippen LogP contribution in [0, 0.1) is 5.92 Å². The number of aromatic nitrogens is 2. The zero-order valence-corrected chi connectivity index (χ0v) is 14.3. The summed E-state index contributed by atoms with van der Waals surface area (Å²) in [6, 6.07) is 5.93. The van der Waals surface area contributed by atoms with Gasteiger partial charge in [-0.15, -0.1) is 0 Å². The molecule has 5 nitrogen and oxygen atoms in total. The standard InChI is InChI=1S/C17H25ClN4O/c1-13(23)12-21-8-5-14(6-9-21)10-19-11-15-17(18)20-16-4-2-3-7-22(15)16/h2-4,7,13-14,19,23H,5-6,8-12H2,1H3. The van der Waals surface area contributed by atoms with Gasteiger partial charge in [-0.05, 0) is 57.5 Å². The van der Waals surface area contributed by atoms with Crippen LogP contribution in [0.25, 0.3) is 5.65 Å². The molecular formula is C17H25ClN4O. The Hall–Kier alpha value is -1.14. The number of hydrogen-bond acceptors (Lipinski definition) is 4. The molecule has 23 heavy (non-hydrogen) atoms. The van der Waals surface area contributed by atoms with Crippen LogP contribution in [0.2, 0.25) is 5.15 Å². The topological polar surface area (TPSA) is 52.8 Å². The maximum absolute atomic E-state index is 9.46. The van der Waals surface area contributed by atoms with Gasteiger partial charge in [-0.25, -0.2) is 4.98 Å². The SMILES string of the molecule is CC(O)CN1CCC(CNCc2c(Cl)nc3ccccn23)CC1. The van der Waals surface area contributed by atoms with Gasteiger partial charge in [-0.2, -0.15) is 0 Å². The first-order valence-electron chi connectivity index (χ1n) is 8.36. The molecule has 0 spiro atoms. The average Bonchev–Trinajstić information content (AvgIpc) is 2.84. The first kappa shape index (κ1) is 16.7.